The van der Waals surface area contributed by atoms with Crippen LogP contribution in [0.3, 0.4) is 0 Å². The number of hydrogen-bond acceptors (Lipinski definition) is 3. The summed E-state index contributed by atoms with van der Waals surface area (Å²) in [6.45, 7) is 13.3. The van der Waals surface area contributed by atoms with Gasteiger partial charge in [0, 0.05) is 57.3 Å². The van der Waals surface area contributed by atoms with Crippen LogP contribution in [0.1, 0.15) is 40.5 Å². The van der Waals surface area contributed by atoms with E-state index in [2.05, 4.69) is 109 Å². The van der Waals surface area contributed by atoms with E-state index >= 15 is 0 Å². The summed E-state index contributed by atoms with van der Waals surface area (Å²) in [6, 6.07) is 31.4. The molecule has 0 aliphatic rings. The minimum atomic E-state index is 1.08. The minimum absolute atomic E-state index is 1.08. The zero-order valence-corrected chi connectivity index (χ0v) is 21.7. The Labute approximate surface area is 203 Å². The largest absolute Gasteiger partial charge is 0.378 e. The molecule has 33 heavy (non-hydrogen) atoms. The second kappa shape index (κ2) is 17.6. The lowest BCUT2D eigenvalue weighted by molar-refractivity contribution is 0.745. The van der Waals surface area contributed by atoms with E-state index in [1.54, 1.807) is 0 Å². The molecule has 3 heteroatoms. The van der Waals surface area contributed by atoms with Crippen molar-refractivity contribution in [2.24, 2.45) is 0 Å². The summed E-state index contributed by atoms with van der Waals surface area (Å²) in [5.41, 5.74) is 3.92. The normalized spacial score (nSPS) is 9.64. The van der Waals surface area contributed by atoms with Crippen LogP contribution in [-0.2, 0) is 0 Å². The van der Waals surface area contributed by atoms with Crippen LogP contribution in [0.25, 0.3) is 0 Å². The summed E-state index contributed by atoms with van der Waals surface area (Å²) >= 11 is 0. The molecule has 0 saturated heterocycles. The number of para-hydroxylation sites is 3. The van der Waals surface area contributed by atoms with Crippen molar-refractivity contribution in [3.63, 3.8) is 0 Å². The monoisotopic (exact) mass is 447 g/mol. The average Bonchev–Trinajstić information content (AvgIpc) is 2.87. The predicted molar refractivity (Wildman–Crippen MR) is 150 cm³/mol. The van der Waals surface area contributed by atoms with Gasteiger partial charge in [0.1, 0.15) is 0 Å². The summed E-state index contributed by atoms with van der Waals surface area (Å²) in [5.74, 6) is 0. The third kappa shape index (κ3) is 11.5. The van der Waals surface area contributed by atoms with Gasteiger partial charge in [0.25, 0.3) is 0 Å². The van der Waals surface area contributed by atoms with Crippen LogP contribution in [0.15, 0.2) is 91.0 Å². The molecule has 3 rings (SSSR count). The number of anilines is 3. The molecular weight excluding hydrogens is 402 g/mol. The standard InChI is InChI=1S/C12H19N.C10H15N.C8H11N/c1-3-10-13(11-4-2)12-8-6-5-7-9-12;1-3-11(4-2)10-8-6-5-7-9-10;1-9(2)8-6-4-3-5-7-8/h5-9H,3-4,10-11H2,1-2H3;5-9H,3-4H2,1-2H3;3-7H,1-2H3. The van der Waals surface area contributed by atoms with Crippen molar-refractivity contribution in [3.8, 4) is 0 Å². The number of nitrogens with zero attached hydrogens (tertiary/aromatic N) is 3. The van der Waals surface area contributed by atoms with E-state index in [0.717, 1.165) is 26.2 Å². The minimum Gasteiger partial charge on any atom is -0.378 e. The Balaban J connectivity index is 0.000000252. The molecule has 3 aromatic rings. The first-order valence-electron chi connectivity index (χ1n) is 12.4. The Morgan fingerprint density at radius 1 is 0.455 bits per heavy atom. The van der Waals surface area contributed by atoms with Gasteiger partial charge in [-0.25, -0.2) is 0 Å². The van der Waals surface area contributed by atoms with Crippen molar-refractivity contribution in [1.82, 2.24) is 0 Å². The molecule has 0 unspecified atom stereocenters. The molecule has 0 heterocycles. The van der Waals surface area contributed by atoms with Crippen LogP contribution in [0.2, 0.25) is 0 Å². The van der Waals surface area contributed by atoms with Gasteiger partial charge in [-0.15, -0.1) is 0 Å². The molecule has 0 aliphatic carbocycles. The molecule has 0 atom stereocenters. The van der Waals surface area contributed by atoms with Crippen molar-refractivity contribution in [2.45, 2.75) is 40.5 Å². The van der Waals surface area contributed by atoms with Gasteiger partial charge in [-0.3, -0.25) is 0 Å². The molecule has 3 nitrogen and oxygen atoms in total. The van der Waals surface area contributed by atoms with Gasteiger partial charge in [-0.1, -0.05) is 68.4 Å². The van der Waals surface area contributed by atoms with E-state index in [0.29, 0.717) is 0 Å². The van der Waals surface area contributed by atoms with Gasteiger partial charge in [0.15, 0.2) is 0 Å². The fourth-order valence-electron chi connectivity index (χ4n) is 3.50. The van der Waals surface area contributed by atoms with Gasteiger partial charge in [-0.05, 0) is 63.1 Å². The molecule has 0 N–H and O–H groups in total. The maximum Gasteiger partial charge on any atom is 0.0366 e. The Kier molecular flexibility index (Phi) is 15.0. The van der Waals surface area contributed by atoms with Gasteiger partial charge in [0.05, 0.1) is 0 Å². The van der Waals surface area contributed by atoms with Crippen LogP contribution >= 0.6 is 0 Å². The lowest BCUT2D eigenvalue weighted by Gasteiger charge is -2.23. The SMILES string of the molecule is CCCN(CCC)c1ccccc1.CCN(CC)c1ccccc1.CN(C)c1ccccc1. The average molecular weight is 448 g/mol. The molecule has 180 valence electrons. The predicted octanol–water partition coefficient (Wildman–Crippen LogP) is 7.60. The van der Waals surface area contributed by atoms with Gasteiger partial charge >= 0.3 is 0 Å². The molecule has 0 aliphatic heterocycles. The highest BCUT2D eigenvalue weighted by atomic mass is 15.1. The first kappa shape index (κ1) is 28.1. The highest BCUT2D eigenvalue weighted by Crippen LogP contribution is 2.14. The molecular formula is C30H45N3. The van der Waals surface area contributed by atoms with Crippen molar-refractivity contribution in [1.29, 1.82) is 0 Å². The number of benzene rings is 3. The van der Waals surface area contributed by atoms with E-state index < -0.39 is 0 Å². The third-order valence-corrected chi connectivity index (χ3v) is 5.27. The van der Waals surface area contributed by atoms with Crippen LogP contribution < -0.4 is 14.7 Å². The first-order valence-corrected chi connectivity index (χ1v) is 12.4. The molecule has 0 spiro atoms. The van der Waals surface area contributed by atoms with Crippen molar-refractivity contribution < 1.29 is 0 Å². The lowest BCUT2D eigenvalue weighted by atomic mass is 10.2. The maximum atomic E-state index is 2.44. The zero-order chi connectivity index (χ0) is 24.3. The van der Waals surface area contributed by atoms with Gasteiger partial charge in [-0.2, -0.15) is 0 Å². The summed E-state index contributed by atoms with van der Waals surface area (Å²) in [5, 5.41) is 0. The fraction of sp³-hybridized carbons (Fsp3) is 0.400. The smallest absolute Gasteiger partial charge is 0.0366 e. The van der Waals surface area contributed by atoms with E-state index in [4.69, 9.17) is 0 Å². The Bertz CT molecular complexity index is 794. The maximum absolute atomic E-state index is 2.44. The molecule has 0 bridgehead atoms. The van der Waals surface area contributed by atoms with Crippen LogP contribution in [0.4, 0.5) is 17.1 Å². The molecule has 0 amide bonds. The van der Waals surface area contributed by atoms with E-state index in [1.165, 1.54) is 29.9 Å². The van der Waals surface area contributed by atoms with Crippen LogP contribution in [0.5, 0.6) is 0 Å². The second-order valence-corrected chi connectivity index (χ2v) is 8.06. The molecule has 0 saturated carbocycles. The molecule has 0 aromatic heterocycles. The Morgan fingerprint density at radius 3 is 1.06 bits per heavy atom. The van der Waals surface area contributed by atoms with E-state index in [1.807, 2.05) is 38.4 Å². The molecule has 0 fully saturated rings. The fourth-order valence-corrected chi connectivity index (χ4v) is 3.50. The van der Waals surface area contributed by atoms with Crippen molar-refractivity contribution in [2.75, 3.05) is 55.0 Å². The highest BCUT2D eigenvalue weighted by molar-refractivity contribution is 5.46. The topological polar surface area (TPSA) is 9.72 Å². The van der Waals surface area contributed by atoms with Gasteiger partial charge < -0.3 is 14.7 Å². The van der Waals surface area contributed by atoms with Crippen LogP contribution in [0, 0.1) is 0 Å². The highest BCUT2D eigenvalue weighted by Gasteiger charge is 2.02. The van der Waals surface area contributed by atoms with Gasteiger partial charge in [0.2, 0.25) is 0 Å². The molecule has 3 aromatic carbocycles. The van der Waals surface area contributed by atoms with Crippen molar-refractivity contribution >= 4 is 17.1 Å². The summed E-state index contributed by atoms with van der Waals surface area (Å²) in [6.07, 6.45) is 2.43. The second-order valence-electron chi connectivity index (χ2n) is 8.06. The Morgan fingerprint density at radius 2 is 0.788 bits per heavy atom. The molecule has 0 radical (unpaired) electrons. The summed E-state index contributed by atoms with van der Waals surface area (Å²) < 4.78 is 0. The van der Waals surface area contributed by atoms with E-state index in [-0.39, 0.29) is 0 Å². The lowest BCUT2D eigenvalue weighted by Crippen LogP contribution is -2.24. The first-order chi connectivity index (χ1) is 16.1. The van der Waals surface area contributed by atoms with E-state index in [9.17, 15) is 0 Å². The summed E-state index contributed by atoms with van der Waals surface area (Å²) in [7, 11) is 4.07. The zero-order valence-electron chi connectivity index (χ0n) is 21.7. The van der Waals surface area contributed by atoms with Crippen LogP contribution in [-0.4, -0.2) is 40.3 Å². The quantitative estimate of drug-likeness (QED) is 0.334. The summed E-state index contributed by atoms with van der Waals surface area (Å²) in [4.78, 5) is 6.86. The number of hydrogen-bond donors (Lipinski definition) is 0. The third-order valence-electron chi connectivity index (χ3n) is 5.27. The van der Waals surface area contributed by atoms with Crippen molar-refractivity contribution in [3.05, 3.63) is 91.0 Å². The Hall–Kier alpha value is -2.94. The number of rotatable bonds is 9.